The summed E-state index contributed by atoms with van der Waals surface area (Å²) in [6.07, 6.45) is 7.93. The lowest BCUT2D eigenvalue weighted by Crippen LogP contribution is -2.21. The second kappa shape index (κ2) is 2.05. The molecule has 1 nitrogen and oxygen atoms in total. The molecular formula is C8H13N. The Morgan fingerprint density at radius 2 is 2.33 bits per heavy atom. The Morgan fingerprint density at radius 1 is 1.44 bits per heavy atom. The fourth-order valence-corrected chi connectivity index (χ4v) is 1.55. The summed E-state index contributed by atoms with van der Waals surface area (Å²) in [7, 11) is 0. The molecule has 2 rings (SSSR count). The molecule has 0 aromatic carbocycles. The van der Waals surface area contributed by atoms with Gasteiger partial charge >= 0.3 is 0 Å². The fourth-order valence-electron chi connectivity index (χ4n) is 1.55. The first-order valence-electron chi connectivity index (χ1n) is 3.91. The van der Waals surface area contributed by atoms with Crippen molar-refractivity contribution in [2.75, 3.05) is 6.54 Å². The van der Waals surface area contributed by atoms with E-state index >= 15 is 0 Å². The molecule has 0 spiro atoms. The second-order valence-corrected chi connectivity index (χ2v) is 3.00. The molecule has 50 valence electrons. The van der Waals surface area contributed by atoms with Crippen LogP contribution in [0.4, 0.5) is 0 Å². The van der Waals surface area contributed by atoms with Crippen LogP contribution in [0.2, 0.25) is 0 Å². The molecule has 0 aromatic heterocycles. The summed E-state index contributed by atoms with van der Waals surface area (Å²) in [5.74, 6) is 0.924. The van der Waals surface area contributed by atoms with Crippen molar-refractivity contribution in [3.8, 4) is 0 Å². The van der Waals surface area contributed by atoms with Gasteiger partial charge in [0.15, 0.2) is 0 Å². The molecule has 1 saturated carbocycles. The molecule has 0 radical (unpaired) electrons. The third-order valence-electron chi connectivity index (χ3n) is 2.38. The maximum absolute atomic E-state index is 3.42. The number of rotatable bonds is 1. The Morgan fingerprint density at radius 3 is 2.78 bits per heavy atom. The summed E-state index contributed by atoms with van der Waals surface area (Å²) >= 11 is 0. The molecule has 1 aliphatic heterocycles. The lowest BCUT2D eigenvalue weighted by molar-refractivity contribution is 0.355. The van der Waals surface area contributed by atoms with E-state index in [9.17, 15) is 0 Å². The van der Waals surface area contributed by atoms with Crippen LogP contribution in [-0.2, 0) is 0 Å². The number of allylic oxidation sites excluding steroid dienone is 1. The van der Waals surface area contributed by atoms with Crippen LogP contribution in [0.15, 0.2) is 11.8 Å². The van der Waals surface area contributed by atoms with Gasteiger partial charge < -0.3 is 5.32 Å². The van der Waals surface area contributed by atoms with E-state index in [1.54, 1.807) is 5.70 Å². The quantitative estimate of drug-likeness (QED) is 0.559. The van der Waals surface area contributed by atoms with Gasteiger partial charge in [0.1, 0.15) is 0 Å². The van der Waals surface area contributed by atoms with Gasteiger partial charge in [-0.15, -0.1) is 0 Å². The summed E-state index contributed by atoms with van der Waals surface area (Å²) in [4.78, 5) is 0. The van der Waals surface area contributed by atoms with Crippen LogP contribution in [0.1, 0.15) is 25.7 Å². The SMILES string of the molecule is C1=C(C2CCC2)NCC1. The zero-order chi connectivity index (χ0) is 6.10. The normalized spacial score (nSPS) is 26.9. The van der Waals surface area contributed by atoms with Crippen molar-refractivity contribution >= 4 is 0 Å². The summed E-state index contributed by atoms with van der Waals surface area (Å²) in [6, 6.07) is 0. The topological polar surface area (TPSA) is 12.0 Å². The highest BCUT2D eigenvalue weighted by atomic mass is 14.9. The maximum atomic E-state index is 3.42. The molecule has 0 aromatic rings. The van der Waals surface area contributed by atoms with Crippen molar-refractivity contribution < 1.29 is 0 Å². The van der Waals surface area contributed by atoms with E-state index in [4.69, 9.17) is 0 Å². The summed E-state index contributed by atoms with van der Waals surface area (Å²) in [6.45, 7) is 1.19. The zero-order valence-electron chi connectivity index (χ0n) is 5.69. The Hall–Kier alpha value is -0.460. The van der Waals surface area contributed by atoms with Gasteiger partial charge in [-0.1, -0.05) is 12.5 Å². The van der Waals surface area contributed by atoms with Gasteiger partial charge in [0.25, 0.3) is 0 Å². The molecular weight excluding hydrogens is 110 g/mol. The van der Waals surface area contributed by atoms with Gasteiger partial charge in [-0.05, 0) is 25.2 Å². The van der Waals surface area contributed by atoms with E-state index in [0.717, 1.165) is 5.92 Å². The molecule has 1 aliphatic carbocycles. The summed E-state index contributed by atoms with van der Waals surface area (Å²) in [5.41, 5.74) is 1.54. The second-order valence-electron chi connectivity index (χ2n) is 3.00. The van der Waals surface area contributed by atoms with Crippen molar-refractivity contribution in [1.82, 2.24) is 5.32 Å². The monoisotopic (exact) mass is 123 g/mol. The Bertz CT molecular complexity index is 134. The van der Waals surface area contributed by atoms with Crippen molar-refractivity contribution in [2.24, 2.45) is 5.92 Å². The minimum absolute atomic E-state index is 0.924. The molecule has 0 saturated heterocycles. The molecule has 1 fully saturated rings. The molecule has 1 N–H and O–H groups in total. The highest BCUT2D eigenvalue weighted by Gasteiger charge is 2.22. The molecule has 0 unspecified atom stereocenters. The highest BCUT2D eigenvalue weighted by molar-refractivity contribution is 5.11. The van der Waals surface area contributed by atoms with Gasteiger partial charge in [-0.2, -0.15) is 0 Å². The minimum atomic E-state index is 0.924. The van der Waals surface area contributed by atoms with Crippen molar-refractivity contribution in [3.05, 3.63) is 11.8 Å². The highest BCUT2D eigenvalue weighted by Crippen LogP contribution is 2.32. The molecule has 0 bridgehead atoms. The number of hydrogen-bond donors (Lipinski definition) is 1. The van der Waals surface area contributed by atoms with Gasteiger partial charge in [0, 0.05) is 12.2 Å². The standard InChI is InChI=1S/C8H13N/c1-3-7(4-1)8-5-2-6-9-8/h5,7,9H,1-4,6H2. The minimum Gasteiger partial charge on any atom is -0.388 e. The van der Waals surface area contributed by atoms with E-state index < -0.39 is 0 Å². The van der Waals surface area contributed by atoms with Crippen molar-refractivity contribution in [2.45, 2.75) is 25.7 Å². The molecule has 1 heteroatoms. The van der Waals surface area contributed by atoms with Gasteiger partial charge in [0.05, 0.1) is 0 Å². The first-order valence-corrected chi connectivity index (χ1v) is 3.91. The van der Waals surface area contributed by atoms with E-state index in [-0.39, 0.29) is 0 Å². The van der Waals surface area contributed by atoms with Crippen LogP contribution in [0.3, 0.4) is 0 Å². The Kier molecular flexibility index (Phi) is 1.22. The molecule has 0 amide bonds. The van der Waals surface area contributed by atoms with Gasteiger partial charge in [-0.3, -0.25) is 0 Å². The number of hydrogen-bond acceptors (Lipinski definition) is 1. The smallest absolute Gasteiger partial charge is 0.0179 e. The first-order chi connectivity index (χ1) is 4.47. The van der Waals surface area contributed by atoms with Crippen molar-refractivity contribution in [1.29, 1.82) is 0 Å². The number of nitrogens with one attached hydrogen (secondary N) is 1. The maximum Gasteiger partial charge on any atom is 0.0179 e. The van der Waals surface area contributed by atoms with Crippen LogP contribution < -0.4 is 5.32 Å². The summed E-state index contributed by atoms with van der Waals surface area (Å²) in [5, 5.41) is 3.42. The van der Waals surface area contributed by atoms with Crippen LogP contribution in [0, 0.1) is 5.92 Å². The van der Waals surface area contributed by atoms with Crippen molar-refractivity contribution in [3.63, 3.8) is 0 Å². The zero-order valence-corrected chi connectivity index (χ0v) is 5.69. The van der Waals surface area contributed by atoms with E-state index in [1.165, 1.54) is 32.2 Å². The molecule has 1 heterocycles. The molecule has 2 aliphatic rings. The average Bonchev–Trinajstić information content (AvgIpc) is 2.11. The molecule has 9 heavy (non-hydrogen) atoms. The third kappa shape index (κ3) is 0.846. The Balaban J connectivity index is 1.95. The lowest BCUT2D eigenvalue weighted by atomic mass is 9.83. The third-order valence-corrected chi connectivity index (χ3v) is 2.38. The Labute approximate surface area is 56.1 Å². The van der Waals surface area contributed by atoms with E-state index in [0.29, 0.717) is 0 Å². The van der Waals surface area contributed by atoms with E-state index in [2.05, 4.69) is 11.4 Å². The van der Waals surface area contributed by atoms with Crippen LogP contribution in [0.25, 0.3) is 0 Å². The summed E-state index contributed by atoms with van der Waals surface area (Å²) < 4.78 is 0. The van der Waals surface area contributed by atoms with E-state index in [1.807, 2.05) is 0 Å². The molecule has 0 atom stereocenters. The van der Waals surface area contributed by atoms with Crippen LogP contribution in [0.5, 0.6) is 0 Å². The predicted octanol–water partition coefficient (Wildman–Crippen LogP) is 1.66. The van der Waals surface area contributed by atoms with Gasteiger partial charge in [-0.25, -0.2) is 0 Å². The van der Waals surface area contributed by atoms with Crippen LogP contribution >= 0.6 is 0 Å². The lowest BCUT2D eigenvalue weighted by Gasteiger charge is -2.26. The first kappa shape index (κ1) is 5.33. The largest absolute Gasteiger partial charge is 0.388 e. The fraction of sp³-hybridized carbons (Fsp3) is 0.750. The predicted molar refractivity (Wildman–Crippen MR) is 38.0 cm³/mol. The van der Waals surface area contributed by atoms with Gasteiger partial charge in [0.2, 0.25) is 0 Å². The average molecular weight is 123 g/mol. The van der Waals surface area contributed by atoms with Crippen LogP contribution in [-0.4, -0.2) is 6.54 Å².